The zero-order chi connectivity index (χ0) is 20.6. The van der Waals surface area contributed by atoms with Gasteiger partial charge in [0.1, 0.15) is 30.5 Å². The van der Waals surface area contributed by atoms with Gasteiger partial charge in [-0.1, -0.05) is 0 Å². The molecule has 0 amide bonds. The third-order valence-electron chi connectivity index (χ3n) is 4.15. The Morgan fingerprint density at radius 1 is 0.800 bits per heavy atom. The number of carbonyl (C=O) groups excluding carboxylic acids is 1. The van der Waals surface area contributed by atoms with Gasteiger partial charge < -0.3 is 14.2 Å². The van der Waals surface area contributed by atoms with E-state index in [9.17, 15) is 4.79 Å². The van der Waals surface area contributed by atoms with Gasteiger partial charge >= 0.3 is 5.97 Å². The number of benzene rings is 2. The maximum atomic E-state index is 12.4. The van der Waals surface area contributed by atoms with Crippen LogP contribution in [0.5, 0.6) is 17.2 Å². The summed E-state index contributed by atoms with van der Waals surface area (Å²) < 4.78 is 16.8. The minimum Gasteiger partial charge on any atom is -0.489 e. The number of hydrogen-bond donors (Lipinski definition) is 0. The molecule has 0 aliphatic carbocycles. The molecule has 6 nitrogen and oxygen atoms in total. The maximum absolute atomic E-state index is 12.4. The van der Waals surface area contributed by atoms with Crippen molar-refractivity contribution < 1.29 is 19.0 Å². The van der Waals surface area contributed by atoms with Crippen LogP contribution >= 0.6 is 11.3 Å². The second-order valence-electron chi connectivity index (χ2n) is 6.30. The number of pyridine rings is 1. The van der Waals surface area contributed by atoms with E-state index in [-0.39, 0.29) is 0 Å². The molecule has 0 atom stereocenters. The molecule has 2 aromatic carbocycles. The number of thiazole rings is 1. The van der Waals surface area contributed by atoms with Crippen molar-refractivity contribution in [3.8, 4) is 17.2 Å². The summed E-state index contributed by atoms with van der Waals surface area (Å²) in [4.78, 5) is 20.5. The molecule has 0 unspecified atom stereocenters. The van der Waals surface area contributed by atoms with Gasteiger partial charge in [-0.25, -0.2) is 9.78 Å². The van der Waals surface area contributed by atoms with Crippen LogP contribution in [0.1, 0.15) is 21.6 Å². The van der Waals surface area contributed by atoms with Gasteiger partial charge in [0, 0.05) is 17.8 Å². The van der Waals surface area contributed by atoms with Gasteiger partial charge in [-0.05, 0) is 66.2 Å². The van der Waals surface area contributed by atoms with Crippen LogP contribution in [0.3, 0.4) is 0 Å². The van der Waals surface area contributed by atoms with E-state index in [4.69, 9.17) is 14.2 Å². The van der Waals surface area contributed by atoms with Crippen LogP contribution in [0.4, 0.5) is 0 Å². The fourth-order valence-electron chi connectivity index (χ4n) is 2.57. The Kier molecular flexibility index (Phi) is 6.31. The smallest absolute Gasteiger partial charge is 0.343 e. The monoisotopic (exact) mass is 418 g/mol. The highest BCUT2D eigenvalue weighted by atomic mass is 32.1. The Morgan fingerprint density at radius 3 is 2.10 bits per heavy atom. The average molecular weight is 418 g/mol. The molecule has 2 heterocycles. The minimum atomic E-state index is -0.438. The highest BCUT2D eigenvalue weighted by Gasteiger charge is 2.09. The molecule has 0 saturated heterocycles. The molecule has 2 aromatic heterocycles. The summed E-state index contributed by atoms with van der Waals surface area (Å²) in [6.45, 7) is 0.835. The Morgan fingerprint density at radius 2 is 1.43 bits per heavy atom. The summed E-state index contributed by atoms with van der Waals surface area (Å²) in [5.41, 5.74) is 4.10. The molecular formula is C23H18N2O4S. The number of esters is 1. The van der Waals surface area contributed by atoms with Crippen molar-refractivity contribution in [3.05, 3.63) is 101 Å². The Balaban J connectivity index is 1.28. The van der Waals surface area contributed by atoms with Gasteiger partial charge in [0.2, 0.25) is 0 Å². The van der Waals surface area contributed by atoms with Crippen molar-refractivity contribution in [2.75, 3.05) is 0 Å². The molecule has 0 bridgehead atoms. The molecule has 30 heavy (non-hydrogen) atoms. The summed E-state index contributed by atoms with van der Waals surface area (Å²) in [5, 5.41) is 1.93. The number of carbonyl (C=O) groups is 1. The second-order valence-corrected chi connectivity index (χ2v) is 7.02. The average Bonchev–Trinajstić information content (AvgIpc) is 3.32. The normalized spacial score (nSPS) is 10.4. The predicted octanol–water partition coefficient (Wildman–Crippen LogP) is 4.92. The van der Waals surface area contributed by atoms with Gasteiger partial charge in [-0.3, -0.25) is 4.98 Å². The third kappa shape index (κ3) is 5.42. The number of nitrogens with zero attached hydrogens (tertiary/aromatic N) is 2. The summed E-state index contributed by atoms with van der Waals surface area (Å²) >= 11 is 1.52. The number of aromatic nitrogens is 2. The lowest BCUT2D eigenvalue weighted by Gasteiger charge is -2.08. The summed E-state index contributed by atoms with van der Waals surface area (Å²) in [7, 11) is 0. The van der Waals surface area contributed by atoms with Crippen molar-refractivity contribution in [2.24, 2.45) is 0 Å². The highest BCUT2D eigenvalue weighted by Crippen LogP contribution is 2.21. The van der Waals surface area contributed by atoms with E-state index in [0.717, 1.165) is 11.3 Å². The first-order valence-electron chi connectivity index (χ1n) is 9.20. The van der Waals surface area contributed by atoms with Crippen molar-refractivity contribution in [1.82, 2.24) is 9.97 Å². The van der Waals surface area contributed by atoms with Gasteiger partial charge in [-0.2, -0.15) is 0 Å². The van der Waals surface area contributed by atoms with Gasteiger partial charge in [0.25, 0.3) is 0 Å². The molecule has 0 fully saturated rings. The molecule has 0 radical (unpaired) electrons. The topological polar surface area (TPSA) is 70.5 Å². The fourth-order valence-corrected chi connectivity index (χ4v) is 3.11. The standard InChI is InChI=1S/C23H18N2O4S/c26-23(18-1-3-20(4-2-18)28-14-19-15-30-16-25-19)29-22-7-5-21(6-8-22)27-13-17-9-11-24-12-10-17/h1-12,15-16H,13-14H2. The van der Waals surface area contributed by atoms with Crippen LogP contribution in [0.15, 0.2) is 83.9 Å². The lowest BCUT2D eigenvalue weighted by molar-refractivity contribution is 0.0734. The molecular weight excluding hydrogens is 400 g/mol. The number of hydrogen-bond acceptors (Lipinski definition) is 7. The molecule has 0 N–H and O–H groups in total. The molecule has 0 aliphatic rings. The predicted molar refractivity (Wildman–Crippen MR) is 113 cm³/mol. The van der Waals surface area contributed by atoms with Gasteiger partial charge in [0.15, 0.2) is 0 Å². The van der Waals surface area contributed by atoms with E-state index in [0.29, 0.717) is 36.0 Å². The Labute approximate surface area is 177 Å². The third-order valence-corrected chi connectivity index (χ3v) is 4.78. The van der Waals surface area contributed by atoms with E-state index < -0.39 is 5.97 Å². The van der Waals surface area contributed by atoms with Crippen molar-refractivity contribution in [1.29, 1.82) is 0 Å². The van der Waals surface area contributed by atoms with Crippen LogP contribution < -0.4 is 14.2 Å². The lowest BCUT2D eigenvalue weighted by atomic mass is 10.2. The van der Waals surface area contributed by atoms with Crippen molar-refractivity contribution in [2.45, 2.75) is 13.2 Å². The summed E-state index contributed by atoms with van der Waals surface area (Å²) in [6, 6.07) is 17.5. The van der Waals surface area contributed by atoms with E-state index in [1.807, 2.05) is 17.5 Å². The SMILES string of the molecule is O=C(Oc1ccc(OCc2ccncc2)cc1)c1ccc(OCc2cscn2)cc1. The maximum Gasteiger partial charge on any atom is 0.343 e. The summed E-state index contributed by atoms with van der Waals surface area (Å²) in [6.07, 6.45) is 3.45. The zero-order valence-corrected chi connectivity index (χ0v) is 16.7. The zero-order valence-electron chi connectivity index (χ0n) is 15.9. The first-order chi connectivity index (χ1) is 14.8. The largest absolute Gasteiger partial charge is 0.489 e. The molecule has 4 aromatic rings. The molecule has 7 heteroatoms. The van der Waals surface area contributed by atoms with Crippen LogP contribution in [-0.2, 0) is 13.2 Å². The molecule has 0 saturated carbocycles. The highest BCUT2D eigenvalue weighted by molar-refractivity contribution is 7.07. The van der Waals surface area contributed by atoms with Crippen LogP contribution in [-0.4, -0.2) is 15.9 Å². The molecule has 0 spiro atoms. The van der Waals surface area contributed by atoms with E-state index in [2.05, 4.69) is 9.97 Å². The van der Waals surface area contributed by atoms with Gasteiger partial charge in [0.05, 0.1) is 16.8 Å². The summed E-state index contributed by atoms with van der Waals surface area (Å²) in [5.74, 6) is 1.36. The molecule has 150 valence electrons. The van der Waals surface area contributed by atoms with Crippen molar-refractivity contribution in [3.63, 3.8) is 0 Å². The van der Waals surface area contributed by atoms with Crippen LogP contribution in [0.25, 0.3) is 0 Å². The van der Waals surface area contributed by atoms with Crippen LogP contribution in [0.2, 0.25) is 0 Å². The Bertz CT molecular complexity index is 1070. The van der Waals surface area contributed by atoms with Crippen molar-refractivity contribution >= 4 is 17.3 Å². The Hall–Kier alpha value is -3.71. The fraction of sp³-hybridized carbons (Fsp3) is 0.0870. The quantitative estimate of drug-likeness (QED) is 0.299. The number of rotatable bonds is 8. The van der Waals surface area contributed by atoms with Crippen LogP contribution in [0, 0.1) is 0 Å². The first-order valence-corrected chi connectivity index (χ1v) is 10.1. The van der Waals surface area contributed by atoms with E-state index >= 15 is 0 Å². The van der Waals surface area contributed by atoms with Gasteiger partial charge in [-0.15, -0.1) is 11.3 Å². The van der Waals surface area contributed by atoms with E-state index in [1.54, 1.807) is 66.4 Å². The number of ether oxygens (including phenoxy) is 3. The first kappa shape index (κ1) is 19.6. The molecule has 0 aliphatic heterocycles. The van der Waals surface area contributed by atoms with E-state index in [1.165, 1.54) is 11.3 Å². The minimum absolute atomic E-state index is 0.392. The molecule has 4 rings (SSSR count). The lowest BCUT2D eigenvalue weighted by Crippen LogP contribution is -2.08. The second kappa shape index (κ2) is 9.67.